The van der Waals surface area contributed by atoms with Gasteiger partial charge in [0.25, 0.3) is 0 Å². The van der Waals surface area contributed by atoms with Gasteiger partial charge in [0.05, 0.1) is 14.2 Å². The SMILES string of the molecule is COc1ccc(C(c2ccccc2)c2ccc(OC)c(O)c2)cc1. The Labute approximate surface area is 142 Å². The van der Waals surface area contributed by atoms with Gasteiger partial charge >= 0.3 is 0 Å². The molecule has 0 radical (unpaired) electrons. The molecule has 3 aromatic rings. The molecule has 1 atom stereocenters. The lowest BCUT2D eigenvalue weighted by molar-refractivity contribution is 0.373. The van der Waals surface area contributed by atoms with Crippen LogP contribution in [0.2, 0.25) is 0 Å². The third-order valence-corrected chi connectivity index (χ3v) is 4.12. The Morgan fingerprint density at radius 1 is 0.708 bits per heavy atom. The normalized spacial score (nSPS) is 11.8. The highest BCUT2D eigenvalue weighted by atomic mass is 16.5. The third-order valence-electron chi connectivity index (χ3n) is 4.12. The van der Waals surface area contributed by atoms with E-state index in [1.54, 1.807) is 26.4 Å². The van der Waals surface area contributed by atoms with Crippen LogP contribution in [0.1, 0.15) is 22.6 Å². The van der Waals surface area contributed by atoms with Gasteiger partial charge in [-0.1, -0.05) is 48.5 Å². The second kappa shape index (κ2) is 7.09. The third kappa shape index (κ3) is 3.20. The molecule has 0 aromatic heterocycles. The molecule has 0 aliphatic heterocycles. The highest BCUT2D eigenvalue weighted by molar-refractivity contribution is 5.50. The molecule has 3 rings (SSSR count). The van der Waals surface area contributed by atoms with Gasteiger partial charge in [0.2, 0.25) is 0 Å². The Morgan fingerprint density at radius 2 is 1.33 bits per heavy atom. The standard InChI is InChI=1S/C21H20O3/c1-23-18-11-8-16(9-12-18)21(15-6-4-3-5-7-15)17-10-13-20(24-2)19(22)14-17/h3-14,21-22H,1-2H3. The van der Waals surface area contributed by atoms with Gasteiger partial charge in [-0.25, -0.2) is 0 Å². The van der Waals surface area contributed by atoms with Crippen LogP contribution in [0, 0.1) is 0 Å². The molecule has 0 aliphatic carbocycles. The molecule has 1 unspecified atom stereocenters. The molecule has 1 N–H and O–H groups in total. The van der Waals surface area contributed by atoms with Crippen molar-refractivity contribution in [1.82, 2.24) is 0 Å². The fraction of sp³-hybridized carbons (Fsp3) is 0.143. The average molecular weight is 320 g/mol. The quantitative estimate of drug-likeness (QED) is 0.699. The summed E-state index contributed by atoms with van der Waals surface area (Å²) >= 11 is 0. The van der Waals surface area contributed by atoms with E-state index in [9.17, 15) is 5.11 Å². The maximum absolute atomic E-state index is 10.2. The summed E-state index contributed by atoms with van der Waals surface area (Å²) in [5.41, 5.74) is 3.29. The molecule has 0 amide bonds. The molecule has 0 fully saturated rings. The zero-order chi connectivity index (χ0) is 16.9. The van der Waals surface area contributed by atoms with Crippen LogP contribution < -0.4 is 9.47 Å². The number of rotatable bonds is 5. The fourth-order valence-corrected chi connectivity index (χ4v) is 2.91. The van der Waals surface area contributed by atoms with Gasteiger partial charge < -0.3 is 14.6 Å². The minimum absolute atomic E-state index is 0.0221. The summed E-state index contributed by atoms with van der Waals surface area (Å²) in [6.45, 7) is 0. The molecule has 122 valence electrons. The number of methoxy groups -OCH3 is 2. The molecule has 0 spiro atoms. The van der Waals surface area contributed by atoms with E-state index in [2.05, 4.69) is 24.3 Å². The van der Waals surface area contributed by atoms with Crippen LogP contribution in [0.25, 0.3) is 0 Å². The number of ether oxygens (including phenoxy) is 2. The molecule has 0 bridgehead atoms. The summed E-state index contributed by atoms with van der Waals surface area (Å²) < 4.78 is 10.4. The van der Waals surface area contributed by atoms with E-state index < -0.39 is 0 Å². The van der Waals surface area contributed by atoms with Crippen LogP contribution in [0.3, 0.4) is 0 Å². The van der Waals surface area contributed by atoms with E-state index in [0.29, 0.717) is 5.75 Å². The van der Waals surface area contributed by atoms with E-state index in [0.717, 1.165) is 22.4 Å². The Hall–Kier alpha value is -2.94. The zero-order valence-corrected chi connectivity index (χ0v) is 13.8. The number of aromatic hydroxyl groups is 1. The molecule has 0 heterocycles. The zero-order valence-electron chi connectivity index (χ0n) is 13.8. The lowest BCUT2D eigenvalue weighted by Gasteiger charge is -2.20. The first kappa shape index (κ1) is 15.9. The van der Waals surface area contributed by atoms with Crippen molar-refractivity contribution in [3.63, 3.8) is 0 Å². The number of hydrogen-bond donors (Lipinski definition) is 1. The topological polar surface area (TPSA) is 38.7 Å². The molecule has 3 heteroatoms. The van der Waals surface area contributed by atoms with Crippen LogP contribution in [-0.2, 0) is 0 Å². The van der Waals surface area contributed by atoms with E-state index >= 15 is 0 Å². The maximum atomic E-state index is 10.2. The highest BCUT2D eigenvalue weighted by Gasteiger charge is 2.18. The molecular weight excluding hydrogens is 300 g/mol. The van der Waals surface area contributed by atoms with Crippen LogP contribution >= 0.6 is 0 Å². The number of hydrogen-bond acceptors (Lipinski definition) is 3. The monoisotopic (exact) mass is 320 g/mol. The van der Waals surface area contributed by atoms with Crippen molar-refractivity contribution in [2.24, 2.45) is 0 Å². The van der Waals surface area contributed by atoms with Crippen LogP contribution in [-0.4, -0.2) is 19.3 Å². The van der Waals surface area contributed by atoms with Gasteiger partial charge in [-0.05, 0) is 41.0 Å². The molecule has 0 saturated heterocycles. The molecule has 3 nitrogen and oxygen atoms in total. The van der Waals surface area contributed by atoms with Crippen LogP contribution in [0.5, 0.6) is 17.2 Å². The van der Waals surface area contributed by atoms with Gasteiger partial charge in [-0.3, -0.25) is 0 Å². The van der Waals surface area contributed by atoms with E-state index in [1.807, 2.05) is 36.4 Å². The molecule has 0 aliphatic rings. The van der Waals surface area contributed by atoms with Crippen LogP contribution in [0.15, 0.2) is 72.8 Å². The van der Waals surface area contributed by atoms with E-state index in [4.69, 9.17) is 9.47 Å². The summed E-state index contributed by atoms with van der Waals surface area (Å²) in [7, 11) is 3.21. The predicted molar refractivity (Wildman–Crippen MR) is 95.0 cm³/mol. The lowest BCUT2D eigenvalue weighted by atomic mass is 9.85. The first-order valence-electron chi connectivity index (χ1n) is 7.78. The second-order valence-corrected chi connectivity index (χ2v) is 5.55. The van der Waals surface area contributed by atoms with Gasteiger partial charge in [-0.15, -0.1) is 0 Å². The van der Waals surface area contributed by atoms with E-state index in [-0.39, 0.29) is 11.7 Å². The molecule has 0 saturated carbocycles. The smallest absolute Gasteiger partial charge is 0.160 e. The van der Waals surface area contributed by atoms with Gasteiger partial charge in [0, 0.05) is 5.92 Å². The largest absolute Gasteiger partial charge is 0.504 e. The summed E-state index contributed by atoms with van der Waals surface area (Å²) in [4.78, 5) is 0. The first-order valence-corrected chi connectivity index (χ1v) is 7.78. The summed E-state index contributed by atoms with van der Waals surface area (Å²) in [5, 5.41) is 10.2. The van der Waals surface area contributed by atoms with E-state index in [1.165, 1.54) is 0 Å². The fourth-order valence-electron chi connectivity index (χ4n) is 2.91. The first-order chi connectivity index (χ1) is 11.7. The van der Waals surface area contributed by atoms with Crippen molar-refractivity contribution in [2.75, 3.05) is 14.2 Å². The van der Waals surface area contributed by atoms with Crippen molar-refractivity contribution in [1.29, 1.82) is 0 Å². The van der Waals surface area contributed by atoms with Crippen molar-refractivity contribution < 1.29 is 14.6 Å². The molecular formula is C21H20O3. The average Bonchev–Trinajstić information content (AvgIpc) is 2.64. The van der Waals surface area contributed by atoms with Crippen molar-refractivity contribution in [2.45, 2.75) is 5.92 Å². The van der Waals surface area contributed by atoms with Crippen molar-refractivity contribution in [3.8, 4) is 17.2 Å². The van der Waals surface area contributed by atoms with Crippen molar-refractivity contribution in [3.05, 3.63) is 89.5 Å². The van der Waals surface area contributed by atoms with Gasteiger partial charge in [-0.2, -0.15) is 0 Å². The number of phenols is 1. The van der Waals surface area contributed by atoms with Crippen molar-refractivity contribution >= 4 is 0 Å². The van der Waals surface area contributed by atoms with Gasteiger partial charge in [0.15, 0.2) is 11.5 Å². The Balaban J connectivity index is 2.09. The molecule has 24 heavy (non-hydrogen) atoms. The number of phenolic OH excluding ortho intramolecular Hbond substituents is 1. The number of benzene rings is 3. The summed E-state index contributed by atoms with van der Waals surface area (Å²) in [6, 6.07) is 23.8. The highest BCUT2D eigenvalue weighted by Crippen LogP contribution is 2.36. The predicted octanol–water partition coefficient (Wildman–Crippen LogP) is 4.59. The minimum atomic E-state index is 0.0221. The Bertz CT molecular complexity index is 795. The maximum Gasteiger partial charge on any atom is 0.160 e. The second-order valence-electron chi connectivity index (χ2n) is 5.55. The lowest BCUT2D eigenvalue weighted by Crippen LogP contribution is -2.03. The van der Waals surface area contributed by atoms with Gasteiger partial charge in [0.1, 0.15) is 5.75 Å². The summed E-state index contributed by atoms with van der Waals surface area (Å²) in [5.74, 6) is 1.46. The molecule has 3 aromatic carbocycles. The van der Waals surface area contributed by atoms with Crippen LogP contribution in [0.4, 0.5) is 0 Å². The summed E-state index contributed by atoms with van der Waals surface area (Å²) in [6.07, 6.45) is 0. The minimum Gasteiger partial charge on any atom is -0.504 e. The Kier molecular flexibility index (Phi) is 4.71. The Morgan fingerprint density at radius 3 is 1.92 bits per heavy atom.